The molecule has 1 aliphatic carbocycles. The third-order valence-electron chi connectivity index (χ3n) is 6.10. The van der Waals surface area contributed by atoms with Crippen molar-refractivity contribution in [3.8, 4) is 23.0 Å². The Labute approximate surface area is 187 Å². The van der Waals surface area contributed by atoms with Crippen molar-refractivity contribution in [2.45, 2.75) is 38.0 Å². The monoisotopic (exact) mass is 437 g/mol. The molecule has 2 aromatic carbocycles. The molecule has 0 bridgehead atoms. The van der Waals surface area contributed by atoms with Crippen molar-refractivity contribution in [1.29, 1.82) is 0 Å². The van der Waals surface area contributed by atoms with E-state index in [1.165, 1.54) is 0 Å². The fourth-order valence-electron chi connectivity index (χ4n) is 4.64. The molecule has 168 valence electrons. The number of amides is 1. The second-order valence-electron chi connectivity index (χ2n) is 7.99. The van der Waals surface area contributed by atoms with Crippen LogP contribution in [0.2, 0.25) is 0 Å². The highest BCUT2D eigenvalue weighted by Crippen LogP contribution is 2.45. The molecule has 2 aliphatic rings. The molecule has 1 amide bonds. The Kier molecular flexibility index (Phi) is 6.08. The zero-order chi connectivity index (χ0) is 22.8. The van der Waals surface area contributed by atoms with Gasteiger partial charge in [-0.2, -0.15) is 0 Å². The van der Waals surface area contributed by atoms with Crippen molar-refractivity contribution in [1.82, 2.24) is 5.32 Å². The Morgan fingerprint density at radius 3 is 2.53 bits per heavy atom. The first-order chi connectivity index (χ1) is 15.4. The largest absolute Gasteiger partial charge is 0.504 e. The van der Waals surface area contributed by atoms with Gasteiger partial charge in [0, 0.05) is 41.5 Å². The molecule has 0 radical (unpaired) electrons. The van der Waals surface area contributed by atoms with E-state index in [2.05, 4.69) is 5.32 Å². The zero-order valence-electron chi connectivity index (χ0n) is 18.4. The lowest BCUT2D eigenvalue weighted by atomic mass is 9.73. The summed E-state index contributed by atoms with van der Waals surface area (Å²) in [5, 5.41) is 13.0. The molecule has 2 N–H and O–H groups in total. The summed E-state index contributed by atoms with van der Waals surface area (Å²) >= 11 is 0. The van der Waals surface area contributed by atoms with Crippen LogP contribution in [-0.2, 0) is 9.59 Å². The van der Waals surface area contributed by atoms with Gasteiger partial charge in [-0.1, -0.05) is 6.07 Å². The van der Waals surface area contributed by atoms with Crippen molar-refractivity contribution in [3.05, 3.63) is 58.8 Å². The van der Waals surface area contributed by atoms with E-state index < -0.39 is 0 Å². The Hall–Kier alpha value is -3.48. The van der Waals surface area contributed by atoms with Gasteiger partial charge < -0.3 is 24.6 Å². The molecule has 1 heterocycles. The van der Waals surface area contributed by atoms with Crippen LogP contribution in [0.1, 0.15) is 49.1 Å². The number of Topliss-reactive ketones (excluding diaryl/α,β-unsaturated/α-hetero) is 1. The van der Waals surface area contributed by atoms with Crippen LogP contribution in [0.4, 0.5) is 0 Å². The van der Waals surface area contributed by atoms with Gasteiger partial charge in [0.2, 0.25) is 5.91 Å². The van der Waals surface area contributed by atoms with E-state index in [-0.39, 0.29) is 35.7 Å². The summed E-state index contributed by atoms with van der Waals surface area (Å²) in [6, 6.07) is 10.5. The average Bonchev–Trinajstić information content (AvgIpc) is 2.79. The number of aromatic hydroxyl groups is 1. The van der Waals surface area contributed by atoms with Gasteiger partial charge in [0.15, 0.2) is 17.3 Å². The molecule has 0 fully saturated rings. The number of rotatable bonds is 6. The van der Waals surface area contributed by atoms with Crippen LogP contribution < -0.4 is 19.5 Å². The van der Waals surface area contributed by atoms with E-state index in [9.17, 15) is 14.7 Å². The van der Waals surface area contributed by atoms with Gasteiger partial charge in [-0.25, -0.2) is 0 Å². The van der Waals surface area contributed by atoms with Crippen LogP contribution in [0.25, 0.3) is 0 Å². The molecule has 7 heteroatoms. The smallest absolute Gasteiger partial charge is 0.225 e. The molecule has 7 nitrogen and oxygen atoms in total. The predicted octanol–water partition coefficient (Wildman–Crippen LogP) is 3.81. The number of hydrogen-bond donors (Lipinski definition) is 2. The Morgan fingerprint density at radius 1 is 1.00 bits per heavy atom. The maximum Gasteiger partial charge on any atom is 0.225 e. The summed E-state index contributed by atoms with van der Waals surface area (Å²) in [5.74, 6) is 1.11. The van der Waals surface area contributed by atoms with Crippen LogP contribution in [0.3, 0.4) is 0 Å². The zero-order valence-corrected chi connectivity index (χ0v) is 18.4. The summed E-state index contributed by atoms with van der Waals surface area (Å²) in [6.45, 7) is 2.23. The minimum absolute atomic E-state index is 0.00263. The van der Waals surface area contributed by atoms with Gasteiger partial charge in [0.25, 0.3) is 0 Å². The number of benzene rings is 2. The fraction of sp³-hybridized carbons (Fsp3) is 0.360. The number of hydrogen-bond acceptors (Lipinski definition) is 6. The number of phenols is 1. The highest BCUT2D eigenvalue weighted by molar-refractivity contribution is 6.02. The summed E-state index contributed by atoms with van der Waals surface area (Å²) in [5.41, 5.74) is 2.95. The Morgan fingerprint density at radius 2 is 1.81 bits per heavy atom. The Bertz CT molecular complexity index is 1090. The molecule has 0 aromatic heterocycles. The highest BCUT2D eigenvalue weighted by atomic mass is 16.5. The lowest BCUT2D eigenvalue weighted by Gasteiger charge is -2.35. The summed E-state index contributed by atoms with van der Waals surface area (Å²) in [7, 11) is 3.19. The first-order valence-electron chi connectivity index (χ1n) is 10.7. The highest BCUT2D eigenvalue weighted by Gasteiger charge is 2.39. The number of carbonyl (C=O) groups excluding carboxylic acids is 2. The topological polar surface area (TPSA) is 94.1 Å². The third kappa shape index (κ3) is 4.02. The summed E-state index contributed by atoms with van der Waals surface area (Å²) in [6.07, 6.45) is 1.00. The van der Waals surface area contributed by atoms with E-state index in [1.54, 1.807) is 32.4 Å². The fourth-order valence-corrected chi connectivity index (χ4v) is 4.64. The molecule has 0 saturated heterocycles. The Balaban J connectivity index is 1.72. The third-order valence-corrected chi connectivity index (χ3v) is 6.10. The minimum atomic E-state index is -0.376. The van der Waals surface area contributed by atoms with Gasteiger partial charge in [-0.3, -0.25) is 9.59 Å². The second-order valence-corrected chi connectivity index (χ2v) is 7.99. The first-order valence-corrected chi connectivity index (χ1v) is 10.7. The minimum Gasteiger partial charge on any atom is -0.504 e. The summed E-state index contributed by atoms with van der Waals surface area (Å²) in [4.78, 5) is 25.9. The quantitative estimate of drug-likeness (QED) is 0.714. The van der Waals surface area contributed by atoms with E-state index in [1.807, 2.05) is 25.1 Å². The standard InChI is InChI=1S/C25H27NO6/c1-4-32-23-11-14(5-7-20(23)27)18-13-24(29)26-19-9-15(10-21(28)25(18)19)17-12-16(30-2)6-8-22(17)31-3/h5-8,11-12,15,18,27H,4,9-10,13H2,1-3H3,(H,26,29)/t15-,18+/m1/s1. The van der Waals surface area contributed by atoms with Gasteiger partial charge in [0.05, 0.1) is 20.8 Å². The van der Waals surface area contributed by atoms with Crippen molar-refractivity contribution in [2.75, 3.05) is 20.8 Å². The van der Waals surface area contributed by atoms with Crippen molar-refractivity contribution >= 4 is 11.7 Å². The normalized spacial score (nSPS) is 20.5. The number of allylic oxidation sites excluding steroid dienone is 2. The molecule has 0 saturated carbocycles. The van der Waals surface area contributed by atoms with Gasteiger partial charge in [0.1, 0.15) is 11.5 Å². The molecule has 0 spiro atoms. The molecule has 4 rings (SSSR count). The lowest BCUT2D eigenvalue weighted by Crippen LogP contribution is -2.38. The van der Waals surface area contributed by atoms with E-state index in [0.717, 1.165) is 11.1 Å². The van der Waals surface area contributed by atoms with Crippen molar-refractivity contribution < 1.29 is 28.9 Å². The molecular formula is C25H27NO6. The van der Waals surface area contributed by atoms with Crippen molar-refractivity contribution in [3.63, 3.8) is 0 Å². The van der Waals surface area contributed by atoms with E-state index in [0.29, 0.717) is 48.0 Å². The predicted molar refractivity (Wildman–Crippen MR) is 118 cm³/mol. The van der Waals surface area contributed by atoms with Gasteiger partial charge in [-0.15, -0.1) is 0 Å². The number of phenolic OH excluding ortho intramolecular Hbond substituents is 1. The van der Waals surface area contributed by atoms with Crippen LogP contribution in [-0.4, -0.2) is 37.6 Å². The summed E-state index contributed by atoms with van der Waals surface area (Å²) < 4.78 is 16.4. The van der Waals surface area contributed by atoms with E-state index in [4.69, 9.17) is 14.2 Å². The number of ether oxygens (including phenoxy) is 3. The SMILES string of the molecule is CCOc1cc([C@@H]2CC(=O)NC3=C2C(=O)C[C@H](c2cc(OC)ccc2OC)C3)ccc1O. The molecular weight excluding hydrogens is 410 g/mol. The molecule has 1 aliphatic heterocycles. The van der Waals surface area contributed by atoms with E-state index >= 15 is 0 Å². The van der Waals surface area contributed by atoms with Crippen molar-refractivity contribution in [2.24, 2.45) is 0 Å². The maximum atomic E-state index is 13.4. The number of nitrogens with one attached hydrogen (secondary N) is 1. The van der Waals surface area contributed by atoms with Crippen LogP contribution in [0.15, 0.2) is 47.7 Å². The first kappa shape index (κ1) is 21.7. The van der Waals surface area contributed by atoms with Crippen LogP contribution in [0.5, 0.6) is 23.0 Å². The maximum absolute atomic E-state index is 13.4. The molecule has 2 aromatic rings. The second kappa shape index (κ2) is 8.94. The van der Waals surface area contributed by atoms with Gasteiger partial charge in [-0.05, 0) is 49.2 Å². The molecule has 32 heavy (non-hydrogen) atoms. The number of methoxy groups -OCH3 is 2. The number of carbonyl (C=O) groups is 2. The van der Waals surface area contributed by atoms with Gasteiger partial charge >= 0.3 is 0 Å². The average molecular weight is 437 g/mol. The number of ketones is 1. The van der Waals surface area contributed by atoms with Crippen LogP contribution >= 0.6 is 0 Å². The van der Waals surface area contributed by atoms with Crippen LogP contribution in [0, 0.1) is 0 Å². The lowest BCUT2D eigenvalue weighted by molar-refractivity contribution is -0.122. The molecule has 0 unspecified atom stereocenters. The molecule has 2 atom stereocenters.